The summed E-state index contributed by atoms with van der Waals surface area (Å²) < 4.78 is 33.9. The van der Waals surface area contributed by atoms with Crippen LogP contribution in [-0.4, -0.2) is 31.6 Å². The number of pyridine rings is 1. The fraction of sp³-hybridized carbons (Fsp3) is 0.455. The molecule has 0 bridgehead atoms. The molecule has 0 radical (unpaired) electrons. The van der Waals surface area contributed by atoms with E-state index in [2.05, 4.69) is 4.98 Å². The SMILES string of the molecule is Cc1ccnc(N)c1N1CC(CS(=O)(=O)F)CC1=O. The number of hydrogen-bond donors (Lipinski definition) is 1. The lowest BCUT2D eigenvalue weighted by atomic mass is 10.1. The first kappa shape index (κ1) is 13.7. The summed E-state index contributed by atoms with van der Waals surface area (Å²) in [7, 11) is -4.58. The van der Waals surface area contributed by atoms with Crippen molar-refractivity contribution in [2.24, 2.45) is 5.92 Å². The average molecular weight is 287 g/mol. The van der Waals surface area contributed by atoms with Crippen molar-refractivity contribution in [1.82, 2.24) is 4.98 Å². The quantitative estimate of drug-likeness (QED) is 0.823. The van der Waals surface area contributed by atoms with Crippen molar-refractivity contribution in [3.05, 3.63) is 17.8 Å². The molecule has 2 heterocycles. The summed E-state index contributed by atoms with van der Waals surface area (Å²) in [6.45, 7) is 1.92. The molecule has 0 saturated carbocycles. The molecule has 0 spiro atoms. The molecule has 1 unspecified atom stereocenters. The highest BCUT2D eigenvalue weighted by Crippen LogP contribution is 2.31. The maximum Gasteiger partial charge on any atom is 0.302 e. The van der Waals surface area contributed by atoms with E-state index in [1.165, 1.54) is 11.1 Å². The Morgan fingerprint density at radius 3 is 2.84 bits per heavy atom. The molecule has 1 atom stereocenters. The Balaban J connectivity index is 2.26. The molecule has 1 aromatic rings. The van der Waals surface area contributed by atoms with Crippen LogP contribution in [0, 0.1) is 12.8 Å². The number of rotatable bonds is 3. The van der Waals surface area contributed by atoms with Gasteiger partial charge in [0.25, 0.3) is 0 Å². The summed E-state index contributed by atoms with van der Waals surface area (Å²) in [6, 6.07) is 1.71. The monoisotopic (exact) mass is 287 g/mol. The Bertz CT molecular complexity index is 597. The van der Waals surface area contributed by atoms with Gasteiger partial charge in [-0.2, -0.15) is 8.42 Å². The van der Waals surface area contributed by atoms with Crippen molar-refractivity contribution in [1.29, 1.82) is 0 Å². The Labute approximate surface area is 110 Å². The molecule has 0 aliphatic carbocycles. The Hall–Kier alpha value is -1.70. The summed E-state index contributed by atoms with van der Waals surface area (Å²) in [5.74, 6) is -1.26. The standard InChI is InChI=1S/C11H14FN3O3S/c1-7-2-3-14-11(13)10(7)15-5-8(4-9(15)16)6-19(12,17)18/h2-3,8H,4-6H2,1H3,(H2,13,14). The fourth-order valence-corrected chi connectivity index (χ4v) is 3.10. The highest BCUT2D eigenvalue weighted by atomic mass is 32.3. The zero-order valence-electron chi connectivity index (χ0n) is 10.3. The number of amides is 1. The summed E-state index contributed by atoms with van der Waals surface area (Å²) in [5, 5.41) is 0. The van der Waals surface area contributed by atoms with Crippen molar-refractivity contribution in [2.45, 2.75) is 13.3 Å². The molecule has 2 N–H and O–H groups in total. The van der Waals surface area contributed by atoms with Gasteiger partial charge in [0.05, 0.1) is 11.4 Å². The van der Waals surface area contributed by atoms with Gasteiger partial charge in [-0.1, -0.05) is 0 Å². The van der Waals surface area contributed by atoms with Gasteiger partial charge in [-0.25, -0.2) is 4.98 Å². The van der Waals surface area contributed by atoms with Crippen molar-refractivity contribution in [3.8, 4) is 0 Å². The van der Waals surface area contributed by atoms with Crippen LogP contribution in [0.1, 0.15) is 12.0 Å². The highest BCUT2D eigenvalue weighted by Gasteiger charge is 2.35. The van der Waals surface area contributed by atoms with Crippen LogP contribution in [0.2, 0.25) is 0 Å². The number of halogens is 1. The largest absolute Gasteiger partial charge is 0.382 e. The third kappa shape index (κ3) is 3.01. The molecule has 0 aromatic carbocycles. The van der Waals surface area contributed by atoms with E-state index in [1.54, 1.807) is 13.0 Å². The smallest absolute Gasteiger partial charge is 0.302 e. The van der Waals surface area contributed by atoms with E-state index in [1.807, 2.05) is 0 Å². The first-order chi connectivity index (χ1) is 8.78. The van der Waals surface area contributed by atoms with Gasteiger partial charge in [-0.15, -0.1) is 3.89 Å². The molecule has 1 aliphatic heterocycles. The van der Waals surface area contributed by atoms with Crippen molar-refractivity contribution >= 4 is 27.6 Å². The molecule has 1 aliphatic rings. The van der Waals surface area contributed by atoms with Gasteiger partial charge in [0, 0.05) is 25.1 Å². The molecule has 1 aromatic heterocycles. The maximum atomic E-state index is 12.7. The molecule has 6 nitrogen and oxygen atoms in total. The van der Waals surface area contributed by atoms with E-state index in [0.29, 0.717) is 5.69 Å². The number of aryl methyl sites for hydroxylation is 1. The minimum Gasteiger partial charge on any atom is -0.382 e. The number of nitrogens with zero attached hydrogens (tertiary/aromatic N) is 2. The van der Waals surface area contributed by atoms with Crippen LogP contribution in [-0.2, 0) is 15.0 Å². The van der Waals surface area contributed by atoms with Gasteiger partial charge in [-0.05, 0) is 18.6 Å². The van der Waals surface area contributed by atoms with Gasteiger partial charge < -0.3 is 10.6 Å². The van der Waals surface area contributed by atoms with Crippen molar-refractivity contribution in [2.75, 3.05) is 22.9 Å². The van der Waals surface area contributed by atoms with E-state index < -0.39 is 21.9 Å². The van der Waals surface area contributed by atoms with Gasteiger partial charge in [-0.3, -0.25) is 4.79 Å². The van der Waals surface area contributed by atoms with Gasteiger partial charge in [0.15, 0.2) is 0 Å². The van der Waals surface area contributed by atoms with Crippen LogP contribution in [0.25, 0.3) is 0 Å². The van der Waals surface area contributed by atoms with Crippen molar-refractivity contribution < 1.29 is 17.1 Å². The summed E-state index contributed by atoms with van der Waals surface area (Å²) in [4.78, 5) is 17.2. The Kier molecular flexibility index (Phi) is 3.44. The second-order valence-electron chi connectivity index (χ2n) is 4.64. The number of aromatic nitrogens is 1. The summed E-state index contributed by atoms with van der Waals surface area (Å²) in [5.41, 5.74) is 6.98. The van der Waals surface area contributed by atoms with Gasteiger partial charge in [0.1, 0.15) is 5.82 Å². The van der Waals surface area contributed by atoms with E-state index in [9.17, 15) is 17.1 Å². The highest BCUT2D eigenvalue weighted by molar-refractivity contribution is 7.86. The molecular weight excluding hydrogens is 273 g/mol. The lowest BCUT2D eigenvalue weighted by molar-refractivity contribution is -0.117. The van der Waals surface area contributed by atoms with Crippen LogP contribution in [0.3, 0.4) is 0 Å². The number of nitrogen functional groups attached to an aromatic ring is 1. The van der Waals surface area contributed by atoms with Crippen LogP contribution in [0.4, 0.5) is 15.4 Å². The molecule has 1 amide bonds. The maximum absolute atomic E-state index is 12.7. The second kappa shape index (κ2) is 4.76. The normalized spacial score (nSPS) is 20.0. The number of nitrogens with two attached hydrogens (primary N) is 1. The number of carbonyl (C=O) groups excluding carboxylic acids is 1. The van der Waals surface area contributed by atoms with Gasteiger partial charge >= 0.3 is 10.2 Å². The molecule has 2 rings (SSSR count). The predicted octanol–water partition coefficient (Wildman–Crippen LogP) is 0.624. The van der Waals surface area contributed by atoms with Crippen LogP contribution < -0.4 is 10.6 Å². The predicted molar refractivity (Wildman–Crippen MR) is 68.7 cm³/mol. The van der Waals surface area contributed by atoms with E-state index in [-0.39, 0.29) is 24.7 Å². The zero-order chi connectivity index (χ0) is 14.2. The number of hydrogen-bond acceptors (Lipinski definition) is 5. The molecule has 104 valence electrons. The van der Waals surface area contributed by atoms with Gasteiger partial charge in [0.2, 0.25) is 5.91 Å². The molecule has 1 fully saturated rings. The van der Waals surface area contributed by atoms with E-state index in [0.717, 1.165) is 5.56 Å². The third-order valence-electron chi connectivity index (χ3n) is 3.06. The number of anilines is 2. The molecular formula is C11H14FN3O3S. The molecule has 1 saturated heterocycles. The summed E-state index contributed by atoms with van der Waals surface area (Å²) >= 11 is 0. The Morgan fingerprint density at radius 1 is 1.58 bits per heavy atom. The van der Waals surface area contributed by atoms with Crippen LogP contribution in [0.5, 0.6) is 0 Å². The first-order valence-corrected chi connectivity index (χ1v) is 7.27. The third-order valence-corrected chi connectivity index (χ3v) is 3.93. The second-order valence-corrected chi connectivity index (χ2v) is 6.05. The van der Waals surface area contributed by atoms with Crippen LogP contribution >= 0.6 is 0 Å². The molecule has 19 heavy (non-hydrogen) atoms. The van der Waals surface area contributed by atoms with Crippen molar-refractivity contribution in [3.63, 3.8) is 0 Å². The number of carbonyl (C=O) groups is 1. The first-order valence-electron chi connectivity index (χ1n) is 5.71. The Morgan fingerprint density at radius 2 is 2.26 bits per heavy atom. The van der Waals surface area contributed by atoms with E-state index in [4.69, 9.17) is 5.73 Å². The van der Waals surface area contributed by atoms with E-state index >= 15 is 0 Å². The average Bonchev–Trinajstić information content (AvgIpc) is 2.56. The zero-order valence-corrected chi connectivity index (χ0v) is 11.2. The fourth-order valence-electron chi connectivity index (χ4n) is 2.31. The lowest BCUT2D eigenvalue weighted by Gasteiger charge is -2.20. The topological polar surface area (TPSA) is 93.4 Å². The molecule has 8 heteroatoms. The minimum atomic E-state index is -4.58. The van der Waals surface area contributed by atoms with Crippen LogP contribution in [0.15, 0.2) is 12.3 Å². The summed E-state index contributed by atoms with van der Waals surface area (Å²) in [6.07, 6.45) is 1.52. The lowest BCUT2D eigenvalue weighted by Crippen LogP contribution is -2.27. The minimum absolute atomic E-state index is 0.00305.